The van der Waals surface area contributed by atoms with Crippen LogP contribution >= 0.6 is 0 Å². The third-order valence-corrected chi connectivity index (χ3v) is 4.43. The van der Waals surface area contributed by atoms with Crippen LogP contribution in [0.3, 0.4) is 0 Å². The number of hydrogen-bond donors (Lipinski definition) is 2. The molecule has 5 nitrogen and oxygen atoms in total. The van der Waals surface area contributed by atoms with E-state index in [0.717, 1.165) is 0 Å². The van der Waals surface area contributed by atoms with Gasteiger partial charge in [0.1, 0.15) is 11.9 Å². The number of carbonyl (C=O) groups is 1. The number of nitrogens with two attached hydrogens (primary N) is 1. The Kier molecular flexibility index (Phi) is 5.64. The second-order valence-electron chi connectivity index (χ2n) is 4.73. The summed E-state index contributed by atoms with van der Waals surface area (Å²) in [6.07, 6.45) is 0.593. The molecule has 3 N–H and O–H groups in total. The first-order valence-electron chi connectivity index (χ1n) is 6.29. The Morgan fingerprint density at radius 2 is 2.00 bits per heavy atom. The number of halogens is 1. The van der Waals surface area contributed by atoms with Crippen LogP contribution in [0.15, 0.2) is 24.3 Å². The lowest BCUT2D eigenvalue weighted by Crippen LogP contribution is -2.48. The fraction of sp³-hybridized carbons (Fsp3) is 0.462. The molecule has 0 saturated carbocycles. The van der Waals surface area contributed by atoms with E-state index in [4.69, 9.17) is 5.73 Å². The van der Waals surface area contributed by atoms with Crippen LogP contribution in [0.1, 0.15) is 25.8 Å². The molecule has 0 spiro atoms. The second kappa shape index (κ2) is 6.81. The van der Waals surface area contributed by atoms with Gasteiger partial charge in [0.2, 0.25) is 15.9 Å². The average Bonchev–Trinajstić information content (AvgIpc) is 2.37. The molecule has 0 saturated heterocycles. The molecule has 0 unspecified atom stereocenters. The quantitative estimate of drug-likeness (QED) is 0.791. The summed E-state index contributed by atoms with van der Waals surface area (Å²) in [5, 5.41) is 0. The van der Waals surface area contributed by atoms with Gasteiger partial charge in [-0.2, -0.15) is 0 Å². The molecule has 0 aliphatic carbocycles. The molecular formula is C13H19FN2O3S. The molecule has 0 aromatic heterocycles. The highest BCUT2D eigenvalue weighted by atomic mass is 32.2. The number of sulfonamides is 1. The van der Waals surface area contributed by atoms with Crippen molar-refractivity contribution in [3.63, 3.8) is 0 Å². The molecule has 20 heavy (non-hydrogen) atoms. The molecule has 7 heteroatoms. The van der Waals surface area contributed by atoms with Crippen molar-refractivity contribution < 1.29 is 17.6 Å². The summed E-state index contributed by atoms with van der Waals surface area (Å²) in [5.41, 5.74) is 5.25. The zero-order valence-electron chi connectivity index (χ0n) is 11.5. The molecule has 0 aliphatic rings. The summed E-state index contributed by atoms with van der Waals surface area (Å²) < 4.78 is 39.7. The molecule has 0 fully saturated rings. The van der Waals surface area contributed by atoms with Crippen molar-refractivity contribution in [1.29, 1.82) is 0 Å². The van der Waals surface area contributed by atoms with Crippen LogP contribution < -0.4 is 10.5 Å². The van der Waals surface area contributed by atoms with E-state index in [9.17, 15) is 17.6 Å². The van der Waals surface area contributed by atoms with Gasteiger partial charge >= 0.3 is 0 Å². The van der Waals surface area contributed by atoms with Crippen LogP contribution in [0.2, 0.25) is 0 Å². The molecule has 1 rings (SSSR count). The molecule has 0 radical (unpaired) electrons. The molecule has 2 atom stereocenters. The van der Waals surface area contributed by atoms with Crippen molar-refractivity contribution in [2.75, 3.05) is 0 Å². The lowest BCUT2D eigenvalue weighted by Gasteiger charge is -2.21. The summed E-state index contributed by atoms with van der Waals surface area (Å²) in [4.78, 5) is 11.3. The Morgan fingerprint density at radius 1 is 1.40 bits per heavy atom. The van der Waals surface area contributed by atoms with Gasteiger partial charge in [0.25, 0.3) is 0 Å². The van der Waals surface area contributed by atoms with Gasteiger partial charge in [-0.1, -0.05) is 38.5 Å². The summed E-state index contributed by atoms with van der Waals surface area (Å²) in [5.74, 6) is -2.10. The minimum absolute atomic E-state index is 0.0485. The summed E-state index contributed by atoms with van der Waals surface area (Å²) >= 11 is 0. The minimum atomic E-state index is -3.85. The van der Waals surface area contributed by atoms with E-state index in [2.05, 4.69) is 4.72 Å². The van der Waals surface area contributed by atoms with Crippen LogP contribution in [0.4, 0.5) is 4.39 Å². The van der Waals surface area contributed by atoms with Crippen LogP contribution in [0.25, 0.3) is 0 Å². The number of hydrogen-bond acceptors (Lipinski definition) is 3. The van der Waals surface area contributed by atoms with E-state index >= 15 is 0 Å². The average molecular weight is 302 g/mol. The van der Waals surface area contributed by atoms with Crippen molar-refractivity contribution in [3.8, 4) is 0 Å². The maximum Gasteiger partial charge on any atom is 0.235 e. The van der Waals surface area contributed by atoms with Crippen molar-refractivity contribution in [2.24, 2.45) is 11.7 Å². The fourth-order valence-corrected chi connectivity index (χ4v) is 3.21. The lowest BCUT2D eigenvalue weighted by molar-refractivity contribution is -0.120. The number of nitrogens with one attached hydrogen (secondary N) is 1. The Morgan fingerprint density at radius 3 is 2.50 bits per heavy atom. The maximum atomic E-state index is 13.5. The summed E-state index contributed by atoms with van der Waals surface area (Å²) in [7, 11) is -3.85. The Labute approximate surface area is 118 Å². The minimum Gasteiger partial charge on any atom is -0.368 e. The van der Waals surface area contributed by atoms with E-state index in [-0.39, 0.29) is 11.5 Å². The molecule has 0 heterocycles. The van der Waals surface area contributed by atoms with E-state index in [0.29, 0.717) is 6.42 Å². The van der Waals surface area contributed by atoms with Crippen LogP contribution in [0, 0.1) is 11.7 Å². The van der Waals surface area contributed by atoms with E-state index in [1.54, 1.807) is 13.0 Å². The summed E-state index contributed by atoms with van der Waals surface area (Å²) in [6.45, 7) is 3.55. The highest BCUT2D eigenvalue weighted by molar-refractivity contribution is 7.88. The molecule has 1 aromatic carbocycles. The predicted molar refractivity (Wildman–Crippen MR) is 74.6 cm³/mol. The third-order valence-electron chi connectivity index (χ3n) is 3.13. The predicted octanol–water partition coefficient (Wildman–Crippen LogP) is 1.15. The van der Waals surface area contributed by atoms with Crippen molar-refractivity contribution in [2.45, 2.75) is 32.1 Å². The fourth-order valence-electron chi connectivity index (χ4n) is 1.75. The molecule has 0 bridgehead atoms. The van der Waals surface area contributed by atoms with Gasteiger partial charge in [0.05, 0.1) is 5.75 Å². The Balaban J connectivity index is 2.89. The molecule has 1 amide bonds. The third kappa shape index (κ3) is 4.57. The van der Waals surface area contributed by atoms with Gasteiger partial charge in [0, 0.05) is 5.56 Å². The first kappa shape index (κ1) is 16.6. The number of benzene rings is 1. The van der Waals surface area contributed by atoms with Gasteiger partial charge in [-0.15, -0.1) is 0 Å². The number of amides is 1. The molecular weight excluding hydrogens is 283 g/mol. The van der Waals surface area contributed by atoms with E-state index in [1.165, 1.54) is 18.2 Å². The van der Waals surface area contributed by atoms with Gasteiger partial charge < -0.3 is 5.73 Å². The maximum absolute atomic E-state index is 13.5. The van der Waals surface area contributed by atoms with Gasteiger partial charge in [-0.25, -0.2) is 17.5 Å². The Bertz CT molecular complexity index is 575. The number of rotatable bonds is 7. The van der Waals surface area contributed by atoms with Crippen LogP contribution in [-0.4, -0.2) is 20.4 Å². The molecule has 112 valence electrons. The first-order valence-corrected chi connectivity index (χ1v) is 7.94. The smallest absolute Gasteiger partial charge is 0.235 e. The first-order chi connectivity index (χ1) is 9.26. The van der Waals surface area contributed by atoms with Gasteiger partial charge in [0.15, 0.2) is 0 Å². The van der Waals surface area contributed by atoms with Gasteiger partial charge in [-0.05, 0) is 12.0 Å². The zero-order chi connectivity index (χ0) is 15.3. The molecule has 1 aromatic rings. The molecule has 0 aliphatic heterocycles. The van der Waals surface area contributed by atoms with Crippen molar-refractivity contribution in [3.05, 3.63) is 35.6 Å². The summed E-state index contributed by atoms with van der Waals surface area (Å²) in [6, 6.07) is 4.61. The Hall–Kier alpha value is -1.47. The largest absolute Gasteiger partial charge is 0.368 e. The zero-order valence-corrected chi connectivity index (χ0v) is 12.3. The topological polar surface area (TPSA) is 89.3 Å². The lowest BCUT2D eigenvalue weighted by atomic mass is 10.00. The number of primary amides is 1. The second-order valence-corrected chi connectivity index (χ2v) is 6.49. The number of carbonyl (C=O) groups excluding carboxylic acids is 1. The van der Waals surface area contributed by atoms with Crippen LogP contribution in [0.5, 0.6) is 0 Å². The standard InChI is InChI=1S/C13H19FN2O3S/c1-3-9(2)12(13(15)17)16-20(18,19)8-10-6-4-5-7-11(10)14/h4-7,9,12,16H,3,8H2,1-2H3,(H2,15,17)/t9-,12-/m1/s1. The monoisotopic (exact) mass is 302 g/mol. The van der Waals surface area contributed by atoms with Gasteiger partial charge in [-0.3, -0.25) is 4.79 Å². The normalized spacial score (nSPS) is 14.8. The van der Waals surface area contributed by atoms with Crippen molar-refractivity contribution >= 4 is 15.9 Å². The highest BCUT2D eigenvalue weighted by Gasteiger charge is 2.27. The van der Waals surface area contributed by atoms with Crippen LogP contribution in [-0.2, 0) is 20.6 Å². The van der Waals surface area contributed by atoms with E-state index < -0.39 is 33.5 Å². The highest BCUT2D eigenvalue weighted by Crippen LogP contribution is 2.13. The SMILES string of the molecule is CC[C@@H](C)[C@@H](NS(=O)(=O)Cc1ccccc1F)C(N)=O. The van der Waals surface area contributed by atoms with E-state index in [1.807, 2.05) is 6.92 Å². The van der Waals surface area contributed by atoms with Crippen molar-refractivity contribution in [1.82, 2.24) is 4.72 Å².